The zero-order chi connectivity index (χ0) is 28.2. The standard InChI is InChI=1S/C33H31BrFNO4/c1-23(38)36-32(28-19-27(34)17-18-30(28)35)22-39-31(29(32)20-37)21-40-33(24-11-5-2-6-12-24,25-13-7-3-8-14-25)26-15-9-4-10-16-26/h2-19,29,31,37H,20-22H2,1H3,(H,36,38)/p+1. The lowest BCUT2D eigenvalue weighted by molar-refractivity contribution is -0.662. The predicted molar refractivity (Wildman–Crippen MR) is 154 cm³/mol. The van der Waals surface area contributed by atoms with Crippen molar-refractivity contribution in [2.75, 3.05) is 19.8 Å². The van der Waals surface area contributed by atoms with Gasteiger partial charge in [-0.1, -0.05) is 107 Å². The molecule has 3 N–H and O–H groups in total. The molecule has 0 radical (unpaired) electrons. The van der Waals surface area contributed by atoms with E-state index in [1.54, 1.807) is 12.1 Å². The molecule has 40 heavy (non-hydrogen) atoms. The molecule has 1 fully saturated rings. The first-order valence-electron chi connectivity index (χ1n) is 13.3. The van der Waals surface area contributed by atoms with Crippen LogP contribution in [0.25, 0.3) is 0 Å². The van der Waals surface area contributed by atoms with Crippen molar-refractivity contribution in [3.8, 4) is 0 Å². The second-order valence-electron chi connectivity index (χ2n) is 10.1. The molecular weight excluding hydrogens is 573 g/mol. The lowest BCUT2D eigenvalue weighted by atomic mass is 9.77. The number of rotatable bonds is 9. The van der Waals surface area contributed by atoms with Crippen molar-refractivity contribution in [1.82, 2.24) is 0 Å². The minimum atomic E-state index is -1.16. The number of halogens is 2. The van der Waals surface area contributed by atoms with Gasteiger partial charge in [0.05, 0.1) is 37.7 Å². The molecule has 5 rings (SSSR count). The Bertz CT molecular complexity index is 1340. The zero-order valence-electron chi connectivity index (χ0n) is 22.2. The van der Waals surface area contributed by atoms with Crippen LogP contribution in [0.15, 0.2) is 114 Å². The predicted octanol–water partition coefficient (Wildman–Crippen LogP) is 4.91. The summed E-state index contributed by atoms with van der Waals surface area (Å²) in [5.74, 6) is -1.31. The third-order valence-corrected chi connectivity index (χ3v) is 8.23. The fourth-order valence-corrected chi connectivity index (χ4v) is 6.30. The topological polar surface area (TPSA) is 72.4 Å². The normalized spacial score (nSPS) is 20.9. The van der Waals surface area contributed by atoms with Gasteiger partial charge in [-0.2, -0.15) is 0 Å². The Labute approximate surface area is 242 Å². The molecule has 1 aliphatic heterocycles. The lowest BCUT2D eigenvalue weighted by Crippen LogP contribution is -2.99. The highest BCUT2D eigenvalue weighted by molar-refractivity contribution is 9.10. The van der Waals surface area contributed by atoms with Crippen LogP contribution >= 0.6 is 15.9 Å². The summed E-state index contributed by atoms with van der Waals surface area (Å²) in [4.78, 5) is 12.5. The average Bonchev–Trinajstić information content (AvgIpc) is 3.33. The maximum atomic E-state index is 15.3. The fourth-order valence-electron chi connectivity index (χ4n) is 5.94. The monoisotopic (exact) mass is 604 g/mol. The summed E-state index contributed by atoms with van der Waals surface area (Å²) in [6.45, 7) is 1.24. The largest absolute Gasteiger partial charge is 0.396 e. The molecule has 0 aromatic heterocycles. The summed E-state index contributed by atoms with van der Waals surface area (Å²) in [6, 6.07) is 34.6. The number of aliphatic hydroxyl groups excluding tert-OH is 1. The fraction of sp³-hybridized carbons (Fsp3) is 0.242. The Hall–Kier alpha value is -3.20. The van der Waals surface area contributed by atoms with Gasteiger partial charge in [-0.15, -0.1) is 0 Å². The van der Waals surface area contributed by atoms with Crippen LogP contribution < -0.4 is 5.32 Å². The van der Waals surface area contributed by atoms with Crippen molar-refractivity contribution >= 4 is 21.8 Å². The molecule has 1 aliphatic rings. The smallest absolute Gasteiger partial charge is 0.308 e. The summed E-state index contributed by atoms with van der Waals surface area (Å²) in [5, 5.41) is 12.2. The van der Waals surface area contributed by atoms with E-state index in [1.807, 2.05) is 91.0 Å². The SMILES string of the molecule is CC(=O)[NH2+]C1(c2cc(Br)ccc2F)COC(COC(c2ccccc2)(c2ccccc2)c2ccccc2)C1CO. The molecule has 0 aliphatic carbocycles. The molecule has 4 aromatic rings. The van der Waals surface area contributed by atoms with Gasteiger partial charge in [0.15, 0.2) is 5.54 Å². The van der Waals surface area contributed by atoms with E-state index in [2.05, 4.69) is 15.9 Å². The van der Waals surface area contributed by atoms with Crippen molar-refractivity contribution in [3.05, 3.63) is 142 Å². The molecule has 206 valence electrons. The van der Waals surface area contributed by atoms with E-state index in [1.165, 1.54) is 18.3 Å². The number of carbonyl (C=O) groups is 1. The summed E-state index contributed by atoms with van der Waals surface area (Å²) in [7, 11) is 0. The van der Waals surface area contributed by atoms with Gasteiger partial charge in [0, 0.05) is 4.47 Å². The molecule has 4 aromatic carbocycles. The van der Waals surface area contributed by atoms with Gasteiger partial charge >= 0.3 is 5.91 Å². The van der Waals surface area contributed by atoms with Gasteiger partial charge in [0.1, 0.15) is 18.0 Å². The molecular formula is C33H32BrFNO4+. The number of nitrogens with two attached hydrogens (primary N) is 1. The van der Waals surface area contributed by atoms with Gasteiger partial charge in [-0.05, 0) is 34.9 Å². The Morgan fingerprint density at radius 3 is 1.98 bits per heavy atom. The highest BCUT2D eigenvalue weighted by atomic mass is 79.9. The number of hydrogen-bond donors (Lipinski definition) is 2. The number of benzene rings is 4. The number of aliphatic hydroxyl groups is 1. The third kappa shape index (κ3) is 5.28. The van der Waals surface area contributed by atoms with E-state index in [9.17, 15) is 9.90 Å². The summed E-state index contributed by atoms with van der Waals surface area (Å²) in [6.07, 6.45) is -0.616. The molecule has 0 spiro atoms. The number of carbonyl (C=O) groups excluding carboxylic acids is 1. The quantitative estimate of drug-likeness (QED) is 0.266. The molecule has 0 bridgehead atoms. The van der Waals surface area contributed by atoms with Crippen LogP contribution in [-0.2, 0) is 25.4 Å². The Kier molecular flexibility index (Phi) is 8.59. The van der Waals surface area contributed by atoms with Crippen LogP contribution in [0.4, 0.5) is 4.39 Å². The summed E-state index contributed by atoms with van der Waals surface area (Å²) < 4.78 is 29.2. The molecule has 3 atom stereocenters. The summed E-state index contributed by atoms with van der Waals surface area (Å²) >= 11 is 3.43. The lowest BCUT2D eigenvalue weighted by Gasteiger charge is -2.37. The van der Waals surface area contributed by atoms with E-state index in [0.717, 1.165) is 16.7 Å². The molecule has 5 nitrogen and oxygen atoms in total. The molecule has 1 amide bonds. The molecule has 3 unspecified atom stereocenters. The van der Waals surface area contributed by atoms with Gasteiger partial charge in [-0.25, -0.2) is 9.18 Å². The van der Waals surface area contributed by atoms with Crippen molar-refractivity contribution < 1.29 is 29.1 Å². The minimum Gasteiger partial charge on any atom is -0.396 e. The number of amides is 1. The van der Waals surface area contributed by atoms with Gasteiger partial charge < -0.3 is 14.6 Å². The second kappa shape index (κ2) is 12.1. The number of quaternary nitrogens is 1. The first-order valence-corrected chi connectivity index (χ1v) is 14.0. The Balaban J connectivity index is 1.58. The van der Waals surface area contributed by atoms with Crippen molar-refractivity contribution in [3.63, 3.8) is 0 Å². The molecule has 1 heterocycles. The van der Waals surface area contributed by atoms with Crippen LogP contribution in [0.1, 0.15) is 29.2 Å². The Morgan fingerprint density at radius 2 is 1.50 bits per heavy atom. The zero-order valence-corrected chi connectivity index (χ0v) is 23.8. The average molecular weight is 606 g/mol. The van der Waals surface area contributed by atoms with Crippen LogP contribution in [0.5, 0.6) is 0 Å². The van der Waals surface area contributed by atoms with Crippen molar-refractivity contribution in [1.29, 1.82) is 0 Å². The first-order chi connectivity index (χ1) is 19.4. The molecule has 7 heteroatoms. The first kappa shape index (κ1) is 28.3. The van der Waals surface area contributed by atoms with E-state index >= 15 is 4.39 Å². The van der Waals surface area contributed by atoms with Crippen LogP contribution in [0, 0.1) is 11.7 Å². The van der Waals surface area contributed by atoms with E-state index in [0.29, 0.717) is 10.0 Å². The highest BCUT2D eigenvalue weighted by Crippen LogP contribution is 2.43. The Morgan fingerprint density at radius 1 is 0.975 bits per heavy atom. The van der Waals surface area contributed by atoms with Crippen molar-refractivity contribution in [2.45, 2.75) is 24.2 Å². The maximum Gasteiger partial charge on any atom is 0.308 e. The van der Waals surface area contributed by atoms with Gasteiger partial charge in [-0.3, -0.25) is 5.32 Å². The number of hydrogen-bond acceptors (Lipinski definition) is 4. The third-order valence-electron chi connectivity index (χ3n) is 7.74. The second-order valence-corrected chi connectivity index (χ2v) is 11.1. The van der Waals surface area contributed by atoms with E-state index in [-0.39, 0.29) is 25.7 Å². The van der Waals surface area contributed by atoms with Gasteiger partial charge in [0.25, 0.3) is 0 Å². The maximum absolute atomic E-state index is 15.3. The molecule has 0 saturated carbocycles. The van der Waals surface area contributed by atoms with Crippen LogP contribution in [-0.4, -0.2) is 36.9 Å². The summed E-state index contributed by atoms with van der Waals surface area (Å²) in [5.41, 5.74) is 0.974. The van der Waals surface area contributed by atoms with Gasteiger partial charge in [0.2, 0.25) is 0 Å². The molecule has 1 saturated heterocycles. The van der Waals surface area contributed by atoms with Crippen LogP contribution in [0.3, 0.4) is 0 Å². The van der Waals surface area contributed by atoms with Crippen LogP contribution in [0.2, 0.25) is 0 Å². The number of ether oxygens (including phenoxy) is 2. The van der Waals surface area contributed by atoms with E-state index < -0.39 is 29.0 Å². The number of primary amides is 1. The highest BCUT2D eigenvalue weighted by Gasteiger charge is 2.57. The minimum absolute atomic E-state index is 0.0359. The van der Waals surface area contributed by atoms with Crippen molar-refractivity contribution in [2.24, 2.45) is 5.92 Å². The van der Waals surface area contributed by atoms with E-state index in [4.69, 9.17) is 9.47 Å².